The third kappa shape index (κ3) is 11.3. The molecular formula is C17H28OPb. The SMILES string of the molecule is CCCC(=O)CCC(C)C.[CH3][Pb][c]1ccc(C)cc1. The summed E-state index contributed by atoms with van der Waals surface area (Å²) in [4.78, 5) is 10.9. The molecule has 0 heterocycles. The van der Waals surface area contributed by atoms with Crippen LogP contribution in [0.4, 0.5) is 0 Å². The molecule has 1 rings (SSSR count). The Morgan fingerprint density at radius 2 is 1.74 bits per heavy atom. The zero-order valence-electron chi connectivity index (χ0n) is 13.1. The molecule has 19 heavy (non-hydrogen) atoms. The van der Waals surface area contributed by atoms with Crippen molar-refractivity contribution < 1.29 is 4.79 Å². The van der Waals surface area contributed by atoms with Crippen LogP contribution in [0.5, 0.6) is 0 Å². The molecule has 0 saturated carbocycles. The number of Topliss-reactive ketones (excluding diaryl/α,β-unsaturated/α-hetero) is 1. The number of aryl methyl sites for hydroxylation is 1. The molecule has 106 valence electrons. The molecule has 0 aliphatic heterocycles. The van der Waals surface area contributed by atoms with Crippen molar-refractivity contribution in [2.45, 2.75) is 57.9 Å². The summed E-state index contributed by atoms with van der Waals surface area (Å²) in [5.41, 5.74) is 1.37. The van der Waals surface area contributed by atoms with Crippen molar-refractivity contribution in [2.75, 3.05) is 0 Å². The van der Waals surface area contributed by atoms with Crippen LogP contribution in [0.25, 0.3) is 0 Å². The number of rotatable bonds is 6. The van der Waals surface area contributed by atoms with Crippen LogP contribution < -0.4 is 3.12 Å². The number of benzene rings is 1. The Balaban J connectivity index is 0.000000342. The predicted molar refractivity (Wildman–Crippen MR) is 86.4 cm³/mol. The van der Waals surface area contributed by atoms with E-state index in [2.05, 4.69) is 49.5 Å². The van der Waals surface area contributed by atoms with Crippen LogP contribution in [0.3, 0.4) is 0 Å². The van der Waals surface area contributed by atoms with E-state index in [0.29, 0.717) is 11.7 Å². The first-order valence-electron chi connectivity index (χ1n) is 7.25. The fourth-order valence-corrected chi connectivity index (χ4v) is 3.52. The molecular weight excluding hydrogens is 427 g/mol. The average molecular weight is 456 g/mol. The van der Waals surface area contributed by atoms with Crippen molar-refractivity contribution in [3.63, 3.8) is 0 Å². The molecule has 0 N–H and O–H groups in total. The normalized spacial score (nSPS) is 10.0. The van der Waals surface area contributed by atoms with E-state index in [4.69, 9.17) is 0 Å². The summed E-state index contributed by atoms with van der Waals surface area (Å²) in [6.45, 7) is 8.49. The molecule has 1 aromatic carbocycles. The average Bonchev–Trinajstić information content (AvgIpc) is 2.38. The molecule has 0 bridgehead atoms. The summed E-state index contributed by atoms with van der Waals surface area (Å²) in [5.74, 6) is 1.09. The van der Waals surface area contributed by atoms with Gasteiger partial charge in [-0.1, -0.05) is 20.8 Å². The van der Waals surface area contributed by atoms with Crippen molar-refractivity contribution in [2.24, 2.45) is 5.92 Å². The van der Waals surface area contributed by atoms with Crippen molar-refractivity contribution in [1.82, 2.24) is 0 Å². The van der Waals surface area contributed by atoms with Crippen molar-refractivity contribution in [3.05, 3.63) is 29.8 Å². The first kappa shape index (κ1) is 18.8. The third-order valence-corrected chi connectivity index (χ3v) is 6.41. The standard InChI is InChI=1S/C9H18O.C7H7.CH3.Pb/c1-4-5-9(10)7-6-8(2)3;1-7-5-3-2-4-6-7;;/h8H,4-7H2,1-3H3;3-6H,1H3;1H3;. The quantitative estimate of drug-likeness (QED) is 0.589. The van der Waals surface area contributed by atoms with Gasteiger partial charge < -0.3 is 0 Å². The first-order valence-corrected chi connectivity index (χ1v) is 13.1. The van der Waals surface area contributed by atoms with Crippen LogP contribution in [0, 0.1) is 12.8 Å². The molecule has 0 amide bonds. The number of hydrogen-bond donors (Lipinski definition) is 0. The van der Waals surface area contributed by atoms with Crippen LogP contribution >= 0.6 is 0 Å². The second-order valence-electron chi connectivity index (χ2n) is 5.34. The van der Waals surface area contributed by atoms with Crippen LogP contribution in [0.15, 0.2) is 24.3 Å². The van der Waals surface area contributed by atoms with Gasteiger partial charge in [-0.2, -0.15) is 0 Å². The molecule has 0 saturated heterocycles. The van der Waals surface area contributed by atoms with E-state index in [1.54, 1.807) is 3.12 Å². The van der Waals surface area contributed by atoms with E-state index >= 15 is 0 Å². The van der Waals surface area contributed by atoms with Gasteiger partial charge in [0, 0.05) is 12.8 Å². The molecule has 0 unspecified atom stereocenters. The van der Waals surface area contributed by atoms with E-state index in [9.17, 15) is 4.79 Å². The van der Waals surface area contributed by atoms with E-state index in [1.807, 2.05) is 6.92 Å². The van der Waals surface area contributed by atoms with Gasteiger partial charge in [-0.25, -0.2) is 0 Å². The van der Waals surface area contributed by atoms with Crippen molar-refractivity contribution in [1.29, 1.82) is 0 Å². The molecule has 1 nitrogen and oxygen atoms in total. The number of carbonyl (C=O) groups excluding carboxylic acids is 1. The third-order valence-electron chi connectivity index (χ3n) is 2.87. The maximum absolute atomic E-state index is 10.9. The fraction of sp³-hybridized carbons (Fsp3) is 0.588. The van der Waals surface area contributed by atoms with Crippen LogP contribution in [-0.2, 0) is 4.79 Å². The van der Waals surface area contributed by atoms with Crippen LogP contribution in [0.2, 0.25) is 4.48 Å². The summed E-state index contributed by atoms with van der Waals surface area (Å²) >= 11 is -0.350. The van der Waals surface area contributed by atoms with Gasteiger partial charge in [-0.3, -0.25) is 4.79 Å². The number of carbonyl (C=O) groups is 1. The monoisotopic (exact) mass is 456 g/mol. The van der Waals surface area contributed by atoms with E-state index in [1.165, 1.54) is 5.56 Å². The molecule has 0 aromatic heterocycles. The van der Waals surface area contributed by atoms with Gasteiger partial charge in [0.1, 0.15) is 5.78 Å². The van der Waals surface area contributed by atoms with E-state index < -0.39 is 0 Å². The van der Waals surface area contributed by atoms with Crippen molar-refractivity contribution in [3.8, 4) is 0 Å². The zero-order chi connectivity index (χ0) is 14.7. The van der Waals surface area contributed by atoms with Gasteiger partial charge in [0.25, 0.3) is 0 Å². The summed E-state index contributed by atoms with van der Waals surface area (Å²) in [6, 6.07) is 8.93. The predicted octanol–water partition coefficient (Wildman–Crippen LogP) is 4.16. The van der Waals surface area contributed by atoms with Crippen LogP contribution in [-0.4, -0.2) is 30.0 Å². The Bertz CT molecular complexity index is 341. The zero-order valence-corrected chi connectivity index (χ0v) is 17.0. The molecule has 0 spiro atoms. The Labute approximate surface area is 131 Å². The molecule has 1 aromatic rings. The summed E-state index contributed by atoms with van der Waals surface area (Å²) in [7, 11) is 0. The summed E-state index contributed by atoms with van der Waals surface area (Å²) in [6.07, 6.45) is 3.61. The molecule has 0 aliphatic rings. The van der Waals surface area contributed by atoms with Gasteiger partial charge in [0.05, 0.1) is 0 Å². The van der Waals surface area contributed by atoms with Gasteiger partial charge >= 0.3 is 68.6 Å². The molecule has 2 radical (unpaired) electrons. The molecule has 0 fully saturated rings. The Morgan fingerprint density at radius 3 is 2.16 bits per heavy atom. The Kier molecular flexibility index (Phi) is 11.5. The van der Waals surface area contributed by atoms with Gasteiger partial charge in [0.2, 0.25) is 0 Å². The van der Waals surface area contributed by atoms with E-state index in [-0.39, 0.29) is 24.2 Å². The minimum absolute atomic E-state index is 0.350. The van der Waals surface area contributed by atoms with Gasteiger partial charge in [-0.15, -0.1) is 0 Å². The van der Waals surface area contributed by atoms with Gasteiger partial charge in [-0.05, 0) is 18.8 Å². The second-order valence-corrected chi connectivity index (χ2v) is 9.53. The second kappa shape index (κ2) is 11.6. The van der Waals surface area contributed by atoms with Gasteiger partial charge in [0.15, 0.2) is 0 Å². The van der Waals surface area contributed by atoms with E-state index in [0.717, 1.165) is 25.7 Å². The summed E-state index contributed by atoms with van der Waals surface area (Å²) < 4.78 is 3.98. The number of hydrogen-bond acceptors (Lipinski definition) is 1. The molecule has 0 atom stereocenters. The summed E-state index contributed by atoms with van der Waals surface area (Å²) in [5, 5.41) is 0. The molecule has 0 aliphatic carbocycles. The molecule has 2 heteroatoms. The topological polar surface area (TPSA) is 17.1 Å². The Morgan fingerprint density at radius 1 is 1.16 bits per heavy atom. The minimum atomic E-state index is -0.350. The maximum atomic E-state index is 10.9. The van der Waals surface area contributed by atoms with Crippen LogP contribution in [0.1, 0.15) is 52.0 Å². The Hall–Kier alpha value is -0.188. The number of ketones is 1. The fourth-order valence-electron chi connectivity index (χ4n) is 1.57. The first-order chi connectivity index (χ1) is 8.99. The van der Waals surface area contributed by atoms with Crippen molar-refractivity contribution >= 4 is 33.1 Å².